The van der Waals surface area contributed by atoms with Gasteiger partial charge in [-0.05, 0) is 6.07 Å². The van der Waals surface area contributed by atoms with Crippen LogP contribution in [0.3, 0.4) is 0 Å². The van der Waals surface area contributed by atoms with Gasteiger partial charge in [-0.2, -0.15) is 0 Å². The van der Waals surface area contributed by atoms with E-state index in [1.165, 1.54) is 0 Å². The molecule has 0 radical (unpaired) electrons. The van der Waals surface area contributed by atoms with Gasteiger partial charge in [0.1, 0.15) is 4.90 Å². The van der Waals surface area contributed by atoms with Crippen molar-refractivity contribution in [3.63, 3.8) is 0 Å². The van der Waals surface area contributed by atoms with Crippen molar-refractivity contribution in [2.75, 3.05) is 0 Å². The number of hydrogen-bond donors (Lipinski definition) is 0. The van der Waals surface area contributed by atoms with Crippen LogP contribution in [0.15, 0.2) is 17.2 Å². The average molecular weight is 321 g/mol. The molecule has 0 atom stereocenters. The molecule has 1 aromatic heterocycles. The van der Waals surface area contributed by atoms with Crippen molar-refractivity contribution < 1.29 is 17.2 Å². The Labute approximate surface area is 98.0 Å². The number of pyridine rings is 1. The van der Waals surface area contributed by atoms with Crippen molar-refractivity contribution in [3.8, 4) is 0 Å². The summed E-state index contributed by atoms with van der Waals surface area (Å²) < 4.78 is 47.2. The van der Waals surface area contributed by atoms with E-state index < -0.39 is 25.9 Å². The predicted molar refractivity (Wildman–Crippen MR) is 54.9 cm³/mol. The van der Waals surface area contributed by atoms with Crippen molar-refractivity contribution in [3.05, 3.63) is 23.5 Å². The van der Waals surface area contributed by atoms with E-state index in [0.717, 1.165) is 12.3 Å². The fourth-order valence-corrected chi connectivity index (χ4v) is 3.05. The minimum atomic E-state index is -4.22. The lowest BCUT2D eigenvalue weighted by Gasteiger charge is -2.08. The van der Waals surface area contributed by atoms with Crippen LogP contribution < -0.4 is 0 Å². The molecular weight excluding hydrogens is 316 g/mol. The maximum Gasteiger partial charge on any atom is 0.265 e. The quantitative estimate of drug-likeness (QED) is 0.635. The Morgan fingerprint density at radius 3 is 2.53 bits per heavy atom. The second kappa shape index (κ2) is 4.71. The van der Waals surface area contributed by atoms with Crippen molar-refractivity contribution in [2.24, 2.45) is 0 Å². The first kappa shape index (κ1) is 12.8. The Balaban J connectivity index is 3.55. The topological polar surface area (TPSA) is 47.0 Å². The van der Waals surface area contributed by atoms with E-state index in [1.807, 2.05) is 0 Å². The van der Waals surface area contributed by atoms with Gasteiger partial charge in [-0.1, -0.05) is 15.9 Å². The molecule has 0 saturated heterocycles. The molecule has 0 N–H and O–H groups in total. The van der Waals surface area contributed by atoms with Gasteiger partial charge in [-0.25, -0.2) is 17.2 Å². The Kier molecular flexibility index (Phi) is 4.02. The van der Waals surface area contributed by atoms with Gasteiger partial charge in [-0.15, -0.1) is 0 Å². The van der Waals surface area contributed by atoms with Crippen LogP contribution in [0.4, 0.5) is 8.78 Å². The number of alkyl halides is 3. The minimum absolute atomic E-state index is 0.0252. The maximum absolute atomic E-state index is 12.5. The fraction of sp³-hybridized carbons (Fsp3) is 0.286. The second-order valence-corrected chi connectivity index (χ2v) is 5.61. The zero-order valence-electron chi connectivity index (χ0n) is 7.12. The minimum Gasteiger partial charge on any atom is -0.259 e. The molecule has 84 valence electrons. The van der Waals surface area contributed by atoms with Crippen LogP contribution in [0.1, 0.15) is 17.7 Å². The van der Waals surface area contributed by atoms with Crippen molar-refractivity contribution in [1.29, 1.82) is 0 Å². The third-order valence-electron chi connectivity index (χ3n) is 1.61. The normalized spacial score (nSPS) is 12.1. The van der Waals surface area contributed by atoms with Crippen molar-refractivity contribution in [1.82, 2.24) is 4.98 Å². The summed E-state index contributed by atoms with van der Waals surface area (Å²) >= 11 is 2.95. The fourth-order valence-electron chi connectivity index (χ4n) is 1.06. The summed E-state index contributed by atoms with van der Waals surface area (Å²) in [5.41, 5.74) is -0.655. The molecule has 0 amide bonds. The van der Waals surface area contributed by atoms with Crippen molar-refractivity contribution in [2.45, 2.75) is 16.7 Å². The Hall–Kier alpha value is -0.270. The highest BCUT2D eigenvalue weighted by atomic mass is 79.9. The molecule has 1 heterocycles. The molecule has 0 aliphatic carbocycles. The van der Waals surface area contributed by atoms with Crippen LogP contribution >= 0.6 is 26.6 Å². The third-order valence-corrected chi connectivity index (χ3v) is 3.57. The van der Waals surface area contributed by atoms with E-state index in [0.29, 0.717) is 0 Å². The van der Waals surface area contributed by atoms with Gasteiger partial charge in [0.05, 0.1) is 5.69 Å². The highest BCUT2D eigenvalue weighted by Crippen LogP contribution is 2.31. The first-order valence-corrected chi connectivity index (χ1v) is 7.07. The summed E-state index contributed by atoms with van der Waals surface area (Å²) in [4.78, 5) is 3.05. The summed E-state index contributed by atoms with van der Waals surface area (Å²) in [7, 11) is 0.848. The highest BCUT2D eigenvalue weighted by molar-refractivity contribution is 9.08. The molecule has 0 saturated carbocycles. The molecule has 0 aromatic carbocycles. The van der Waals surface area contributed by atoms with Gasteiger partial charge >= 0.3 is 0 Å². The van der Waals surface area contributed by atoms with E-state index in [9.17, 15) is 17.2 Å². The number of rotatable bonds is 3. The van der Waals surface area contributed by atoms with E-state index in [4.69, 9.17) is 10.7 Å². The summed E-state index contributed by atoms with van der Waals surface area (Å²) in [6, 6.07) is 0.937. The zero-order valence-corrected chi connectivity index (χ0v) is 10.3. The maximum atomic E-state index is 12.5. The summed E-state index contributed by atoms with van der Waals surface area (Å²) in [6.07, 6.45) is -1.79. The smallest absolute Gasteiger partial charge is 0.259 e. The molecule has 0 spiro atoms. The van der Waals surface area contributed by atoms with Crippen LogP contribution in [-0.2, 0) is 14.4 Å². The molecule has 3 nitrogen and oxygen atoms in total. The Morgan fingerprint density at radius 2 is 2.13 bits per heavy atom. The number of aromatic nitrogens is 1. The molecule has 0 aliphatic rings. The van der Waals surface area contributed by atoms with Crippen LogP contribution in [0, 0.1) is 0 Å². The van der Waals surface area contributed by atoms with Crippen LogP contribution in [0.25, 0.3) is 0 Å². The van der Waals surface area contributed by atoms with Crippen molar-refractivity contribution >= 4 is 35.7 Å². The van der Waals surface area contributed by atoms with E-state index in [2.05, 4.69) is 20.9 Å². The molecule has 1 rings (SSSR count). The van der Waals surface area contributed by atoms with E-state index in [1.54, 1.807) is 0 Å². The second-order valence-electron chi connectivity index (χ2n) is 2.55. The molecule has 1 aromatic rings. The summed E-state index contributed by atoms with van der Waals surface area (Å²) in [5, 5.41) is 0.0366. The molecule has 0 bridgehead atoms. The van der Waals surface area contributed by atoms with E-state index in [-0.39, 0.29) is 11.0 Å². The van der Waals surface area contributed by atoms with Crippen LogP contribution in [0.2, 0.25) is 0 Å². The van der Waals surface area contributed by atoms with Gasteiger partial charge in [0, 0.05) is 27.8 Å². The first-order chi connectivity index (χ1) is 6.88. The summed E-state index contributed by atoms with van der Waals surface area (Å²) in [5.74, 6) is 0. The Bertz CT molecular complexity index is 466. The van der Waals surface area contributed by atoms with Gasteiger partial charge < -0.3 is 0 Å². The first-order valence-electron chi connectivity index (χ1n) is 3.64. The third kappa shape index (κ3) is 2.85. The largest absolute Gasteiger partial charge is 0.265 e. The van der Waals surface area contributed by atoms with Crippen LogP contribution in [-0.4, -0.2) is 13.4 Å². The lowest BCUT2D eigenvalue weighted by atomic mass is 10.2. The number of nitrogens with zero attached hydrogens (tertiary/aromatic N) is 1. The van der Waals surface area contributed by atoms with Gasteiger partial charge in [0.2, 0.25) is 0 Å². The average Bonchev–Trinajstić information content (AvgIpc) is 2.15. The SMILES string of the molecule is O=S(=O)(Cl)c1c(C(F)F)ccnc1CBr. The number of hydrogen-bond acceptors (Lipinski definition) is 3. The number of halogens is 4. The predicted octanol–water partition coefficient (Wildman–Crippen LogP) is 2.84. The molecule has 0 aliphatic heterocycles. The molecule has 15 heavy (non-hydrogen) atoms. The molecule has 0 unspecified atom stereocenters. The Morgan fingerprint density at radius 1 is 1.53 bits per heavy atom. The zero-order chi connectivity index (χ0) is 11.6. The van der Waals surface area contributed by atoms with Crippen LogP contribution in [0.5, 0.6) is 0 Å². The highest BCUT2D eigenvalue weighted by Gasteiger charge is 2.25. The molecule has 0 fully saturated rings. The molecule has 8 heteroatoms. The monoisotopic (exact) mass is 319 g/mol. The summed E-state index contributed by atoms with van der Waals surface area (Å²) in [6.45, 7) is 0. The van der Waals surface area contributed by atoms with E-state index >= 15 is 0 Å². The van der Waals surface area contributed by atoms with Gasteiger partial charge in [-0.3, -0.25) is 4.98 Å². The standard InChI is InChI=1S/C7H5BrClF2NO2S/c8-3-5-6(15(9,13)14)4(7(10)11)1-2-12-5/h1-2,7H,3H2. The lowest BCUT2D eigenvalue weighted by Crippen LogP contribution is -2.04. The molecular formula is C7H5BrClF2NO2S. The van der Waals surface area contributed by atoms with Gasteiger partial charge in [0.15, 0.2) is 0 Å². The van der Waals surface area contributed by atoms with Gasteiger partial charge in [0.25, 0.3) is 15.5 Å². The lowest BCUT2D eigenvalue weighted by molar-refractivity contribution is 0.147.